The average Bonchev–Trinajstić information content (AvgIpc) is 3.20. The Labute approximate surface area is 121 Å². The molecular formula is C16H18N2O3. The molecule has 2 atom stereocenters. The van der Waals surface area contributed by atoms with Gasteiger partial charge in [-0.3, -0.25) is 9.78 Å². The molecule has 1 aliphatic carbocycles. The fraction of sp³-hybridized carbons (Fsp3) is 0.375. The first-order valence-corrected chi connectivity index (χ1v) is 7.03. The SMILES string of the molecule is Cc1cn(C[C@@H]2C[C@@]2(CO)c2ccccc2)c(=O)[nH]c1=O. The van der Waals surface area contributed by atoms with Gasteiger partial charge >= 0.3 is 5.69 Å². The maximum Gasteiger partial charge on any atom is 0.328 e. The minimum absolute atomic E-state index is 0.0682. The lowest BCUT2D eigenvalue weighted by molar-refractivity contribution is 0.241. The van der Waals surface area contributed by atoms with Crippen LogP contribution in [0.25, 0.3) is 0 Å². The zero-order valence-corrected chi connectivity index (χ0v) is 11.9. The quantitative estimate of drug-likeness (QED) is 0.873. The number of aryl methyl sites for hydroxylation is 1. The van der Waals surface area contributed by atoms with E-state index in [-0.39, 0.29) is 23.5 Å². The van der Waals surface area contributed by atoms with E-state index in [2.05, 4.69) is 4.98 Å². The summed E-state index contributed by atoms with van der Waals surface area (Å²) >= 11 is 0. The molecule has 0 radical (unpaired) electrons. The summed E-state index contributed by atoms with van der Waals surface area (Å²) in [6.45, 7) is 2.25. The van der Waals surface area contributed by atoms with Crippen LogP contribution < -0.4 is 11.2 Å². The molecule has 1 fully saturated rings. The minimum atomic E-state index is -0.391. The molecule has 0 spiro atoms. The van der Waals surface area contributed by atoms with E-state index in [0.717, 1.165) is 12.0 Å². The van der Waals surface area contributed by atoms with Crippen molar-refractivity contribution in [3.63, 3.8) is 0 Å². The number of aromatic nitrogens is 2. The van der Waals surface area contributed by atoms with Gasteiger partial charge in [-0.1, -0.05) is 30.3 Å². The predicted octanol–water partition coefficient (Wildman–Crippen LogP) is 0.795. The normalized spacial score (nSPS) is 24.0. The molecular weight excluding hydrogens is 268 g/mol. The van der Waals surface area contributed by atoms with Crippen molar-refractivity contribution in [1.82, 2.24) is 9.55 Å². The number of aliphatic hydroxyl groups is 1. The number of H-pyrrole nitrogens is 1. The number of hydrogen-bond donors (Lipinski definition) is 2. The number of rotatable bonds is 4. The topological polar surface area (TPSA) is 75.1 Å². The molecule has 3 rings (SSSR count). The largest absolute Gasteiger partial charge is 0.395 e. The summed E-state index contributed by atoms with van der Waals surface area (Å²) < 4.78 is 1.53. The molecule has 2 N–H and O–H groups in total. The molecule has 110 valence electrons. The van der Waals surface area contributed by atoms with E-state index < -0.39 is 5.69 Å². The Hall–Kier alpha value is -2.14. The summed E-state index contributed by atoms with van der Waals surface area (Å²) in [6, 6.07) is 9.88. The highest BCUT2D eigenvalue weighted by atomic mass is 16.3. The van der Waals surface area contributed by atoms with Crippen molar-refractivity contribution in [2.45, 2.75) is 25.3 Å². The van der Waals surface area contributed by atoms with E-state index in [0.29, 0.717) is 12.1 Å². The van der Waals surface area contributed by atoms with E-state index in [1.807, 2.05) is 30.3 Å². The molecule has 1 aromatic heterocycles. The molecule has 1 saturated carbocycles. The lowest BCUT2D eigenvalue weighted by Gasteiger charge is -2.15. The zero-order valence-electron chi connectivity index (χ0n) is 11.9. The monoisotopic (exact) mass is 286 g/mol. The Morgan fingerprint density at radius 3 is 2.71 bits per heavy atom. The first-order chi connectivity index (χ1) is 10.1. The van der Waals surface area contributed by atoms with Crippen LogP contribution in [0.2, 0.25) is 0 Å². The molecule has 5 heteroatoms. The van der Waals surface area contributed by atoms with Crippen LogP contribution in [-0.2, 0) is 12.0 Å². The van der Waals surface area contributed by atoms with Crippen molar-refractivity contribution >= 4 is 0 Å². The van der Waals surface area contributed by atoms with Gasteiger partial charge in [0.2, 0.25) is 0 Å². The van der Waals surface area contributed by atoms with E-state index in [4.69, 9.17) is 0 Å². The highest BCUT2D eigenvalue weighted by molar-refractivity contribution is 5.33. The van der Waals surface area contributed by atoms with Gasteiger partial charge < -0.3 is 9.67 Å². The van der Waals surface area contributed by atoms with Gasteiger partial charge in [0.25, 0.3) is 5.56 Å². The van der Waals surface area contributed by atoms with E-state index in [1.165, 1.54) is 4.57 Å². The van der Waals surface area contributed by atoms with Crippen LogP contribution in [0.5, 0.6) is 0 Å². The van der Waals surface area contributed by atoms with Crippen LogP contribution in [0.3, 0.4) is 0 Å². The molecule has 0 bridgehead atoms. The molecule has 0 amide bonds. The molecule has 1 aromatic carbocycles. The van der Waals surface area contributed by atoms with Gasteiger partial charge in [-0.2, -0.15) is 0 Å². The number of nitrogens with zero attached hydrogens (tertiary/aromatic N) is 1. The van der Waals surface area contributed by atoms with E-state index >= 15 is 0 Å². The fourth-order valence-corrected chi connectivity index (χ4v) is 3.02. The van der Waals surface area contributed by atoms with Crippen molar-refractivity contribution in [2.24, 2.45) is 5.92 Å². The second-order valence-corrected chi connectivity index (χ2v) is 5.81. The predicted molar refractivity (Wildman–Crippen MR) is 79.4 cm³/mol. The Bertz CT molecular complexity index is 763. The van der Waals surface area contributed by atoms with Gasteiger partial charge in [-0.15, -0.1) is 0 Å². The summed E-state index contributed by atoms with van der Waals surface area (Å²) in [5, 5.41) is 9.78. The first-order valence-electron chi connectivity index (χ1n) is 7.03. The Morgan fingerprint density at radius 2 is 2.05 bits per heavy atom. The summed E-state index contributed by atoms with van der Waals surface area (Å²) in [5.74, 6) is 0.202. The second-order valence-electron chi connectivity index (χ2n) is 5.81. The van der Waals surface area contributed by atoms with Crippen LogP contribution >= 0.6 is 0 Å². The Balaban J connectivity index is 1.87. The summed E-state index contributed by atoms with van der Waals surface area (Å²) in [4.78, 5) is 25.5. The van der Waals surface area contributed by atoms with Gasteiger partial charge in [0.05, 0.1) is 6.61 Å². The third-order valence-corrected chi connectivity index (χ3v) is 4.47. The number of benzene rings is 1. The van der Waals surface area contributed by atoms with E-state index in [1.54, 1.807) is 13.1 Å². The highest BCUT2D eigenvalue weighted by Crippen LogP contribution is 2.54. The van der Waals surface area contributed by atoms with Gasteiger partial charge in [-0.25, -0.2) is 4.79 Å². The molecule has 21 heavy (non-hydrogen) atoms. The van der Waals surface area contributed by atoms with Gasteiger partial charge in [-0.05, 0) is 24.8 Å². The molecule has 0 saturated heterocycles. The molecule has 2 aromatic rings. The van der Waals surface area contributed by atoms with E-state index in [9.17, 15) is 14.7 Å². The maximum absolute atomic E-state index is 11.8. The van der Waals surface area contributed by atoms with Crippen LogP contribution in [0.1, 0.15) is 17.5 Å². The number of nitrogens with one attached hydrogen (secondary N) is 1. The fourth-order valence-electron chi connectivity index (χ4n) is 3.02. The van der Waals surface area contributed by atoms with Crippen LogP contribution in [0, 0.1) is 12.8 Å². The standard InChI is InChI=1S/C16H18N2O3/c1-11-8-18(15(21)17-14(11)20)9-13-7-16(13,10-19)12-5-3-2-4-6-12/h2-6,8,13,19H,7,9-10H2,1H3,(H,17,20,21)/t13-,16+/m0/s1. The van der Waals surface area contributed by atoms with Gasteiger partial charge in [0, 0.05) is 23.7 Å². The Morgan fingerprint density at radius 1 is 1.33 bits per heavy atom. The lowest BCUT2D eigenvalue weighted by Crippen LogP contribution is -2.32. The lowest BCUT2D eigenvalue weighted by atomic mass is 9.94. The van der Waals surface area contributed by atoms with Crippen molar-refractivity contribution < 1.29 is 5.11 Å². The Kier molecular flexibility index (Phi) is 3.29. The third kappa shape index (κ3) is 2.34. The van der Waals surface area contributed by atoms with Crippen molar-refractivity contribution in [3.05, 3.63) is 68.5 Å². The van der Waals surface area contributed by atoms with Gasteiger partial charge in [0.15, 0.2) is 0 Å². The van der Waals surface area contributed by atoms with Crippen LogP contribution in [0.4, 0.5) is 0 Å². The molecule has 1 heterocycles. The van der Waals surface area contributed by atoms with Gasteiger partial charge in [0.1, 0.15) is 0 Å². The first kappa shape index (κ1) is 13.8. The van der Waals surface area contributed by atoms with Crippen molar-refractivity contribution in [2.75, 3.05) is 6.61 Å². The molecule has 5 nitrogen and oxygen atoms in total. The average molecular weight is 286 g/mol. The molecule has 0 aliphatic heterocycles. The molecule has 0 unspecified atom stereocenters. The zero-order chi connectivity index (χ0) is 15.0. The molecule has 1 aliphatic rings. The number of aliphatic hydroxyl groups excluding tert-OH is 1. The number of aromatic amines is 1. The third-order valence-electron chi connectivity index (χ3n) is 4.47. The highest BCUT2D eigenvalue weighted by Gasteiger charge is 2.54. The maximum atomic E-state index is 11.8. The minimum Gasteiger partial charge on any atom is -0.395 e. The van der Waals surface area contributed by atoms with Crippen molar-refractivity contribution in [3.8, 4) is 0 Å². The smallest absolute Gasteiger partial charge is 0.328 e. The summed E-state index contributed by atoms with van der Waals surface area (Å²) in [5.41, 5.74) is 0.627. The summed E-state index contributed by atoms with van der Waals surface area (Å²) in [6.07, 6.45) is 2.44. The van der Waals surface area contributed by atoms with Crippen LogP contribution in [0.15, 0.2) is 46.1 Å². The van der Waals surface area contributed by atoms with Crippen LogP contribution in [-0.4, -0.2) is 21.3 Å². The van der Waals surface area contributed by atoms with Crippen molar-refractivity contribution in [1.29, 1.82) is 0 Å². The summed E-state index contributed by atoms with van der Waals surface area (Å²) in [7, 11) is 0. The second kappa shape index (κ2) is 5.00. The number of hydrogen-bond acceptors (Lipinski definition) is 3.